The maximum absolute atomic E-state index is 12.0. The minimum Gasteiger partial charge on any atom is -0.462 e. The maximum atomic E-state index is 12.0. The van der Waals surface area contributed by atoms with E-state index in [0.717, 1.165) is 10.6 Å². The van der Waals surface area contributed by atoms with Crippen molar-refractivity contribution in [2.75, 3.05) is 19.0 Å². The topological polar surface area (TPSA) is 64.1 Å². The molecule has 0 spiro atoms. The van der Waals surface area contributed by atoms with Gasteiger partial charge in [-0.05, 0) is 30.1 Å². The highest BCUT2D eigenvalue weighted by molar-refractivity contribution is 7.10. The second kappa shape index (κ2) is 6.29. The fourth-order valence-electron chi connectivity index (χ4n) is 1.66. The molecule has 0 saturated heterocycles. The number of aryl methyl sites for hydroxylation is 1. The summed E-state index contributed by atoms with van der Waals surface area (Å²) in [6.45, 7) is 2.14. The Kier molecular flexibility index (Phi) is 4.46. The lowest BCUT2D eigenvalue weighted by Gasteiger charge is -2.05. The molecule has 0 aliphatic rings. The van der Waals surface area contributed by atoms with Crippen LogP contribution in [0.15, 0.2) is 24.5 Å². The lowest BCUT2D eigenvalue weighted by Crippen LogP contribution is -2.10. The number of carbonyl (C=O) groups excluding carboxylic acids is 1. The Hall–Kier alpha value is -1.95. The fourth-order valence-corrected chi connectivity index (χ4v) is 2.39. The second-order valence-corrected chi connectivity index (χ2v) is 4.74. The highest BCUT2D eigenvalue weighted by Crippen LogP contribution is 2.24. The van der Waals surface area contributed by atoms with Gasteiger partial charge in [0.1, 0.15) is 10.6 Å². The first-order valence-electron chi connectivity index (χ1n) is 5.92. The first kappa shape index (κ1) is 13.5. The second-order valence-electron chi connectivity index (χ2n) is 3.97. The molecule has 19 heavy (non-hydrogen) atoms. The van der Waals surface area contributed by atoms with E-state index in [9.17, 15) is 4.79 Å². The van der Waals surface area contributed by atoms with Crippen molar-refractivity contribution in [3.63, 3.8) is 0 Å². The van der Waals surface area contributed by atoms with E-state index in [4.69, 9.17) is 4.74 Å². The van der Waals surface area contributed by atoms with Crippen LogP contribution in [0.2, 0.25) is 0 Å². The van der Waals surface area contributed by atoms with Crippen LogP contribution in [-0.4, -0.2) is 29.0 Å². The van der Waals surface area contributed by atoms with Crippen molar-refractivity contribution in [3.05, 3.63) is 41.3 Å². The van der Waals surface area contributed by atoms with E-state index in [0.29, 0.717) is 24.3 Å². The molecular formula is C13H15N3O2S. The number of nitrogens with zero attached hydrogens (tertiary/aromatic N) is 2. The maximum Gasteiger partial charge on any atom is 0.343 e. The Balaban J connectivity index is 1.93. The molecule has 0 saturated carbocycles. The van der Waals surface area contributed by atoms with Gasteiger partial charge < -0.3 is 10.1 Å². The lowest BCUT2D eigenvalue weighted by atomic mass is 10.2. The molecule has 100 valence electrons. The van der Waals surface area contributed by atoms with Crippen molar-refractivity contribution in [1.29, 1.82) is 0 Å². The number of ether oxygens (including phenoxy) is 1. The molecule has 0 fully saturated rings. The summed E-state index contributed by atoms with van der Waals surface area (Å²) in [6, 6.07) is 3.82. The van der Waals surface area contributed by atoms with E-state index >= 15 is 0 Å². The summed E-state index contributed by atoms with van der Waals surface area (Å²) >= 11 is 1.26. The summed E-state index contributed by atoms with van der Waals surface area (Å²) in [7, 11) is 1.76. The van der Waals surface area contributed by atoms with Gasteiger partial charge in [0, 0.05) is 25.9 Å². The number of esters is 1. The average molecular weight is 277 g/mol. The van der Waals surface area contributed by atoms with Gasteiger partial charge in [0.25, 0.3) is 0 Å². The molecule has 0 aliphatic heterocycles. The molecule has 1 N–H and O–H groups in total. The van der Waals surface area contributed by atoms with E-state index in [-0.39, 0.29) is 5.97 Å². The number of aromatic nitrogens is 2. The van der Waals surface area contributed by atoms with Gasteiger partial charge in [0.05, 0.1) is 12.3 Å². The molecule has 0 aromatic carbocycles. The average Bonchev–Trinajstić information content (AvgIpc) is 2.81. The SMILES string of the molecule is CNc1snc(C)c1C(=O)OCCc1cccnc1. The van der Waals surface area contributed by atoms with Crippen molar-refractivity contribution in [2.24, 2.45) is 0 Å². The number of rotatable bonds is 5. The van der Waals surface area contributed by atoms with Crippen LogP contribution in [0.25, 0.3) is 0 Å². The Morgan fingerprint density at radius 3 is 3.05 bits per heavy atom. The summed E-state index contributed by atoms with van der Waals surface area (Å²) in [5.41, 5.74) is 2.27. The van der Waals surface area contributed by atoms with Crippen molar-refractivity contribution in [1.82, 2.24) is 9.36 Å². The van der Waals surface area contributed by atoms with Gasteiger partial charge in [-0.3, -0.25) is 4.98 Å². The summed E-state index contributed by atoms with van der Waals surface area (Å²) in [6.07, 6.45) is 4.14. The number of pyridine rings is 1. The number of carbonyl (C=O) groups is 1. The van der Waals surface area contributed by atoms with Crippen LogP contribution in [0.4, 0.5) is 5.00 Å². The predicted molar refractivity (Wildman–Crippen MR) is 74.6 cm³/mol. The molecule has 0 atom stereocenters. The smallest absolute Gasteiger partial charge is 0.343 e. The Morgan fingerprint density at radius 1 is 1.53 bits per heavy atom. The molecule has 6 heteroatoms. The van der Waals surface area contributed by atoms with Crippen LogP contribution < -0.4 is 5.32 Å². The van der Waals surface area contributed by atoms with E-state index in [2.05, 4.69) is 14.7 Å². The first-order chi connectivity index (χ1) is 9.22. The van der Waals surface area contributed by atoms with Crippen molar-refractivity contribution >= 4 is 22.5 Å². The van der Waals surface area contributed by atoms with Crippen molar-refractivity contribution in [2.45, 2.75) is 13.3 Å². The minimum atomic E-state index is -0.334. The Labute approximate surface area is 115 Å². The van der Waals surface area contributed by atoms with Crippen LogP contribution in [0.5, 0.6) is 0 Å². The van der Waals surface area contributed by atoms with E-state index < -0.39 is 0 Å². The normalized spacial score (nSPS) is 10.2. The standard InChI is InChI=1S/C13H15N3O2S/c1-9-11(12(14-2)19-16-9)13(17)18-7-5-10-4-3-6-15-8-10/h3-4,6,8,14H,5,7H2,1-2H3. The number of hydrogen-bond donors (Lipinski definition) is 1. The van der Waals surface area contributed by atoms with Crippen LogP contribution in [0, 0.1) is 6.92 Å². The lowest BCUT2D eigenvalue weighted by molar-refractivity contribution is 0.0510. The summed E-state index contributed by atoms with van der Waals surface area (Å²) in [5, 5.41) is 3.69. The molecule has 2 heterocycles. The molecule has 0 amide bonds. The summed E-state index contributed by atoms with van der Waals surface area (Å²) in [4.78, 5) is 16.0. The van der Waals surface area contributed by atoms with Crippen molar-refractivity contribution in [3.8, 4) is 0 Å². The molecular weight excluding hydrogens is 262 g/mol. The van der Waals surface area contributed by atoms with Gasteiger partial charge in [0.15, 0.2) is 0 Å². The molecule has 2 rings (SSSR count). The van der Waals surface area contributed by atoms with Crippen LogP contribution in [0.1, 0.15) is 21.6 Å². The molecule has 0 radical (unpaired) electrons. The summed E-state index contributed by atoms with van der Waals surface area (Å²) < 4.78 is 9.42. The zero-order valence-corrected chi connectivity index (χ0v) is 11.7. The van der Waals surface area contributed by atoms with Crippen molar-refractivity contribution < 1.29 is 9.53 Å². The molecule has 5 nitrogen and oxygen atoms in total. The number of nitrogens with one attached hydrogen (secondary N) is 1. The monoisotopic (exact) mass is 277 g/mol. The third-order valence-corrected chi connectivity index (χ3v) is 3.60. The van der Waals surface area contributed by atoms with Gasteiger partial charge in [-0.2, -0.15) is 4.37 Å². The van der Waals surface area contributed by atoms with Gasteiger partial charge in [-0.15, -0.1) is 0 Å². The Bertz CT molecular complexity index is 554. The highest BCUT2D eigenvalue weighted by Gasteiger charge is 2.18. The molecule has 2 aromatic heterocycles. The summed E-state index contributed by atoms with van der Waals surface area (Å²) in [5.74, 6) is -0.334. The highest BCUT2D eigenvalue weighted by atomic mass is 32.1. The Morgan fingerprint density at radius 2 is 2.37 bits per heavy atom. The molecule has 2 aromatic rings. The quantitative estimate of drug-likeness (QED) is 0.849. The van der Waals surface area contributed by atoms with Crippen LogP contribution in [-0.2, 0) is 11.2 Å². The molecule has 0 unspecified atom stereocenters. The van der Waals surface area contributed by atoms with Gasteiger partial charge in [-0.25, -0.2) is 4.79 Å². The minimum absolute atomic E-state index is 0.334. The van der Waals surface area contributed by atoms with Crippen LogP contribution in [0.3, 0.4) is 0 Å². The zero-order valence-electron chi connectivity index (χ0n) is 10.8. The molecule has 0 bridgehead atoms. The van der Waals surface area contributed by atoms with Gasteiger partial charge >= 0.3 is 5.97 Å². The van der Waals surface area contributed by atoms with Crippen LogP contribution >= 0.6 is 11.5 Å². The number of anilines is 1. The fraction of sp³-hybridized carbons (Fsp3) is 0.308. The third kappa shape index (κ3) is 3.29. The van der Waals surface area contributed by atoms with E-state index in [1.165, 1.54) is 11.5 Å². The predicted octanol–water partition coefficient (Wildman–Crippen LogP) is 2.29. The third-order valence-electron chi connectivity index (χ3n) is 2.64. The largest absolute Gasteiger partial charge is 0.462 e. The first-order valence-corrected chi connectivity index (χ1v) is 6.69. The zero-order chi connectivity index (χ0) is 13.7. The van der Waals surface area contributed by atoms with Gasteiger partial charge in [0.2, 0.25) is 0 Å². The van der Waals surface area contributed by atoms with Gasteiger partial charge in [-0.1, -0.05) is 6.07 Å². The van der Waals surface area contributed by atoms with E-state index in [1.807, 2.05) is 12.1 Å². The molecule has 0 aliphatic carbocycles. The number of hydrogen-bond acceptors (Lipinski definition) is 6. The van der Waals surface area contributed by atoms with E-state index in [1.54, 1.807) is 26.4 Å².